The highest BCUT2D eigenvalue weighted by molar-refractivity contribution is 7.80. The summed E-state index contributed by atoms with van der Waals surface area (Å²) in [5.74, 6) is 0.663. The smallest absolute Gasteiger partial charge is 0.0693 e. The normalized spacial score (nSPS) is 10.2. The lowest BCUT2D eigenvalue weighted by Crippen LogP contribution is -1.92. The van der Waals surface area contributed by atoms with Crippen LogP contribution in [0.25, 0.3) is 0 Å². The van der Waals surface area contributed by atoms with E-state index in [9.17, 15) is 0 Å². The number of nitrogens with two attached hydrogens (primary N) is 1. The number of halogens is 2. The summed E-state index contributed by atoms with van der Waals surface area (Å²) in [6.45, 7) is 0. The Morgan fingerprint density at radius 3 is 2.17 bits per heavy atom. The molecular weight excluding hydrogens is 213 g/mol. The second kappa shape index (κ2) is 4.26. The van der Waals surface area contributed by atoms with Gasteiger partial charge in [-0.15, -0.1) is 0 Å². The van der Waals surface area contributed by atoms with Gasteiger partial charge in [0.05, 0.1) is 15.7 Å². The summed E-state index contributed by atoms with van der Waals surface area (Å²) in [6.07, 6.45) is 0.801. The summed E-state index contributed by atoms with van der Waals surface area (Å²) >= 11 is 16.5. The topological polar surface area (TPSA) is 26.0 Å². The molecule has 12 heavy (non-hydrogen) atoms. The van der Waals surface area contributed by atoms with Crippen molar-refractivity contribution in [3.05, 3.63) is 27.7 Å². The van der Waals surface area contributed by atoms with Crippen LogP contribution in [0.2, 0.25) is 10.0 Å². The maximum atomic E-state index is 5.81. The van der Waals surface area contributed by atoms with Gasteiger partial charge in [0.2, 0.25) is 0 Å². The molecule has 0 atom stereocenters. The van der Waals surface area contributed by atoms with Crippen molar-refractivity contribution >= 4 is 41.5 Å². The number of nitrogen functional groups attached to an aromatic ring is 1. The van der Waals surface area contributed by atoms with Gasteiger partial charge in [-0.1, -0.05) is 35.8 Å². The standard InChI is InChI=1S/C8H8Cl2NS/c9-6-3-5(1-2-12)4-7(10)8(6)11/h3-4H,1-2,11H2. The second-order valence-electron chi connectivity index (χ2n) is 2.43. The summed E-state index contributed by atoms with van der Waals surface area (Å²) < 4.78 is 0. The summed E-state index contributed by atoms with van der Waals surface area (Å²) in [5.41, 5.74) is 7.03. The Kier molecular flexibility index (Phi) is 3.56. The molecule has 2 N–H and O–H groups in total. The highest BCUT2D eigenvalue weighted by Crippen LogP contribution is 2.28. The van der Waals surface area contributed by atoms with Gasteiger partial charge in [0.25, 0.3) is 0 Å². The van der Waals surface area contributed by atoms with Crippen molar-refractivity contribution in [3.8, 4) is 0 Å². The zero-order valence-electron chi connectivity index (χ0n) is 6.31. The van der Waals surface area contributed by atoms with Crippen LogP contribution in [-0.2, 0) is 6.42 Å². The predicted octanol–water partition coefficient (Wildman–Crippen LogP) is 3.32. The maximum absolute atomic E-state index is 5.81. The molecule has 1 aromatic rings. The van der Waals surface area contributed by atoms with Crippen LogP contribution in [0.3, 0.4) is 0 Å². The van der Waals surface area contributed by atoms with Gasteiger partial charge in [-0.3, -0.25) is 0 Å². The lowest BCUT2D eigenvalue weighted by atomic mass is 10.1. The Bertz CT molecular complexity index is 265. The quantitative estimate of drug-likeness (QED) is 0.761. The Morgan fingerprint density at radius 1 is 1.25 bits per heavy atom. The minimum Gasteiger partial charge on any atom is -0.396 e. The van der Waals surface area contributed by atoms with Crippen molar-refractivity contribution in [1.29, 1.82) is 0 Å². The molecule has 1 radical (unpaired) electrons. The van der Waals surface area contributed by atoms with Crippen LogP contribution in [0.15, 0.2) is 12.1 Å². The van der Waals surface area contributed by atoms with Crippen molar-refractivity contribution < 1.29 is 0 Å². The molecule has 0 spiro atoms. The van der Waals surface area contributed by atoms with Gasteiger partial charge in [0.1, 0.15) is 0 Å². The first-order valence-electron chi connectivity index (χ1n) is 3.46. The molecule has 65 valence electrons. The molecule has 0 aromatic heterocycles. The SMILES string of the molecule is Nc1c(Cl)cc(CC[S])cc1Cl. The second-order valence-corrected chi connectivity index (χ2v) is 3.65. The van der Waals surface area contributed by atoms with E-state index < -0.39 is 0 Å². The molecule has 4 heteroatoms. The third-order valence-electron chi connectivity index (χ3n) is 1.53. The van der Waals surface area contributed by atoms with Crippen molar-refractivity contribution in [2.45, 2.75) is 6.42 Å². The first-order chi connectivity index (χ1) is 5.65. The van der Waals surface area contributed by atoms with Gasteiger partial charge >= 0.3 is 0 Å². The number of rotatable bonds is 2. The van der Waals surface area contributed by atoms with Gasteiger partial charge < -0.3 is 5.73 Å². The monoisotopic (exact) mass is 220 g/mol. The first kappa shape index (κ1) is 10.0. The summed E-state index contributed by atoms with van der Waals surface area (Å²) in [7, 11) is 0. The van der Waals surface area contributed by atoms with E-state index >= 15 is 0 Å². The van der Waals surface area contributed by atoms with E-state index in [1.807, 2.05) is 0 Å². The number of aryl methyl sites for hydroxylation is 1. The highest BCUT2D eigenvalue weighted by atomic mass is 35.5. The van der Waals surface area contributed by atoms with Crippen LogP contribution < -0.4 is 5.73 Å². The number of anilines is 1. The lowest BCUT2D eigenvalue weighted by molar-refractivity contribution is 1.16. The molecule has 0 bridgehead atoms. The minimum atomic E-state index is 0.437. The van der Waals surface area contributed by atoms with Crippen molar-refractivity contribution in [1.82, 2.24) is 0 Å². The Balaban J connectivity index is 3.04. The van der Waals surface area contributed by atoms with Gasteiger partial charge in [-0.25, -0.2) is 0 Å². The van der Waals surface area contributed by atoms with E-state index in [-0.39, 0.29) is 0 Å². The maximum Gasteiger partial charge on any atom is 0.0693 e. The van der Waals surface area contributed by atoms with Gasteiger partial charge in [-0.2, -0.15) is 0 Å². The fourth-order valence-corrected chi connectivity index (χ4v) is 1.67. The fraction of sp³-hybridized carbons (Fsp3) is 0.250. The zero-order chi connectivity index (χ0) is 9.14. The third kappa shape index (κ3) is 2.22. The van der Waals surface area contributed by atoms with Gasteiger partial charge in [0.15, 0.2) is 0 Å². The van der Waals surface area contributed by atoms with Gasteiger partial charge in [-0.05, 0) is 24.1 Å². The Hall–Kier alpha value is -0.0500. The van der Waals surface area contributed by atoms with Gasteiger partial charge in [0, 0.05) is 5.75 Å². The molecule has 0 aliphatic carbocycles. The molecular formula is C8H8Cl2NS. The first-order valence-corrected chi connectivity index (χ1v) is 4.80. The minimum absolute atomic E-state index is 0.437. The van der Waals surface area contributed by atoms with E-state index in [0.717, 1.165) is 12.0 Å². The molecule has 0 fully saturated rings. The van der Waals surface area contributed by atoms with Crippen LogP contribution in [0.5, 0.6) is 0 Å². The average molecular weight is 221 g/mol. The lowest BCUT2D eigenvalue weighted by Gasteiger charge is -2.04. The van der Waals surface area contributed by atoms with Crippen LogP contribution in [0.1, 0.15) is 5.56 Å². The van der Waals surface area contributed by atoms with E-state index in [1.165, 1.54) is 0 Å². The predicted molar refractivity (Wildman–Crippen MR) is 57.0 cm³/mol. The molecule has 0 aliphatic heterocycles. The van der Waals surface area contributed by atoms with Crippen molar-refractivity contribution in [2.75, 3.05) is 11.5 Å². The molecule has 0 saturated carbocycles. The molecule has 1 nitrogen and oxygen atoms in total. The van der Waals surface area contributed by atoms with Crippen LogP contribution in [0.4, 0.5) is 5.69 Å². The van der Waals surface area contributed by atoms with Crippen LogP contribution in [-0.4, -0.2) is 5.75 Å². The van der Waals surface area contributed by atoms with E-state index in [2.05, 4.69) is 0 Å². The molecule has 0 amide bonds. The average Bonchev–Trinajstić information content (AvgIpc) is 2.01. The Morgan fingerprint density at radius 2 is 1.75 bits per heavy atom. The van der Waals surface area contributed by atoms with E-state index in [4.69, 9.17) is 41.6 Å². The fourth-order valence-electron chi connectivity index (χ4n) is 0.899. The summed E-state index contributed by atoms with van der Waals surface area (Å²) in [4.78, 5) is 0. The Labute approximate surface area is 87.3 Å². The van der Waals surface area contributed by atoms with E-state index in [1.54, 1.807) is 12.1 Å². The van der Waals surface area contributed by atoms with E-state index in [0.29, 0.717) is 21.5 Å². The van der Waals surface area contributed by atoms with Crippen molar-refractivity contribution in [2.24, 2.45) is 0 Å². The highest BCUT2D eigenvalue weighted by Gasteiger charge is 2.03. The summed E-state index contributed by atoms with van der Waals surface area (Å²) in [5, 5.41) is 1.00. The molecule has 0 heterocycles. The number of hydrogen-bond acceptors (Lipinski definition) is 1. The largest absolute Gasteiger partial charge is 0.396 e. The summed E-state index contributed by atoms with van der Waals surface area (Å²) in [6, 6.07) is 3.60. The van der Waals surface area contributed by atoms with Crippen LogP contribution >= 0.6 is 35.8 Å². The molecule has 1 aromatic carbocycles. The molecule has 0 saturated heterocycles. The zero-order valence-corrected chi connectivity index (χ0v) is 8.64. The molecule has 0 aliphatic rings. The van der Waals surface area contributed by atoms with Crippen molar-refractivity contribution in [3.63, 3.8) is 0 Å². The number of hydrogen-bond donors (Lipinski definition) is 1. The van der Waals surface area contributed by atoms with Crippen LogP contribution in [0, 0.1) is 0 Å². The number of benzene rings is 1. The molecule has 0 unspecified atom stereocenters. The third-order valence-corrected chi connectivity index (χ3v) is 2.36. The molecule has 1 rings (SSSR count).